The first-order valence-electron chi connectivity index (χ1n) is 6.34. The van der Waals surface area contributed by atoms with Gasteiger partial charge in [0.15, 0.2) is 0 Å². The molecule has 0 aliphatic heterocycles. The highest BCUT2D eigenvalue weighted by molar-refractivity contribution is 6.23. The molecule has 0 saturated carbocycles. The molecule has 0 aromatic heterocycles. The molecule has 1 aromatic rings. The van der Waals surface area contributed by atoms with Gasteiger partial charge in [-0.3, -0.25) is 25.7 Å². The minimum absolute atomic E-state index is 0.0757. The molecule has 10 nitrogen and oxygen atoms in total. The Morgan fingerprint density at radius 2 is 2.09 bits per heavy atom. The average Bonchev–Trinajstić information content (AvgIpc) is 2.47. The lowest BCUT2D eigenvalue weighted by Crippen LogP contribution is -2.08. The first kappa shape index (κ1) is 17.0. The molecule has 0 amide bonds. The third-order valence-electron chi connectivity index (χ3n) is 2.49. The maximum Gasteiger partial charge on any atom is 0.351 e. The van der Waals surface area contributed by atoms with Gasteiger partial charge in [0.05, 0.1) is 22.5 Å². The second-order valence-electron chi connectivity index (χ2n) is 4.11. The van der Waals surface area contributed by atoms with Crippen molar-refractivity contribution in [2.24, 2.45) is 5.10 Å². The normalized spacial score (nSPS) is 10.4. The zero-order valence-corrected chi connectivity index (χ0v) is 11.7. The van der Waals surface area contributed by atoms with Crippen molar-refractivity contribution < 1.29 is 19.4 Å². The van der Waals surface area contributed by atoms with Crippen LogP contribution in [0.5, 0.6) is 0 Å². The standard InChI is InChI=1S/C12H14N4O6/c1-2-3-6-22-12(17)8-13-14-10-5-4-9(15(18)19)7-11(10)16(20)21/h4-5,7-8,14H,2-3,6H2,1H3. The highest BCUT2D eigenvalue weighted by Gasteiger charge is 2.19. The molecular weight excluding hydrogens is 296 g/mol. The third-order valence-corrected chi connectivity index (χ3v) is 2.49. The molecule has 0 saturated heterocycles. The number of nitrogens with zero attached hydrogens (tertiary/aromatic N) is 3. The minimum atomic E-state index is -0.787. The topological polar surface area (TPSA) is 137 Å². The van der Waals surface area contributed by atoms with E-state index in [-0.39, 0.29) is 12.3 Å². The number of anilines is 1. The van der Waals surface area contributed by atoms with E-state index < -0.39 is 27.2 Å². The Hall–Kier alpha value is -3.04. The number of rotatable bonds is 8. The van der Waals surface area contributed by atoms with Gasteiger partial charge in [-0.05, 0) is 12.5 Å². The summed E-state index contributed by atoms with van der Waals surface area (Å²) in [5.41, 5.74) is 1.27. The van der Waals surface area contributed by atoms with Crippen molar-refractivity contribution in [3.8, 4) is 0 Å². The number of ether oxygens (including phenoxy) is 1. The van der Waals surface area contributed by atoms with E-state index in [0.717, 1.165) is 37.3 Å². The molecule has 22 heavy (non-hydrogen) atoms. The summed E-state index contributed by atoms with van der Waals surface area (Å²) in [6.45, 7) is 2.20. The first-order chi connectivity index (χ1) is 10.5. The minimum Gasteiger partial charge on any atom is -0.461 e. The van der Waals surface area contributed by atoms with E-state index in [9.17, 15) is 25.0 Å². The van der Waals surface area contributed by atoms with Crippen LogP contribution in [-0.4, -0.2) is 28.6 Å². The van der Waals surface area contributed by atoms with Crippen molar-refractivity contribution in [2.75, 3.05) is 12.0 Å². The number of hydrogen-bond acceptors (Lipinski definition) is 8. The fraction of sp³-hybridized carbons (Fsp3) is 0.333. The van der Waals surface area contributed by atoms with E-state index in [4.69, 9.17) is 4.74 Å². The molecular formula is C12H14N4O6. The number of esters is 1. The molecule has 0 unspecified atom stereocenters. The van der Waals surface area contributed by atoms with E-state index in [2.05, 4.69) is 10.5 Å². The van der Waals surface area contributed by atoms with E-state index in [1.807, 2.05) is 6.92 Å². The number of nitro groups is 2. The summed E-state index contributed by atoms with van der Waals surface area (Å²) in [6.07, 6.45) is 2.43. The van der Waals surface area contributed by atoms with Gasteiger partial charge in [0.1, 0.15) is 11.9 Å². The summed E-state index contributed by atoms with van der Waals surface area (Å²) in [4.78, 5) is 31.2. The number of nitrogens with one attached hydrogen (secondary N) is 1. The Labute approximate surface area is 125 Å². The van der Waals surface area contributed by atoms with Crippen LogP contribution in [0, 0.1) is 20.2 Å². The zero-order valence-electron chi connectivity index (χ0n) is 11.7. The molecule has 0 heterocycles. The van der Waals surface area contributed by atoms with Gasteiger partial charge in [-0.1, -0.05) is 13.3 Å². The smallest absolute Gasteiger partial charge is 0.351 e. The predicted molar refractivity (Wildman–Crippen MR) is 77.7 cm³/mol. The Kier molecular flexibility index (Phi) is 6.41. The molecule has 0 aliphatic rings. The molecule has 0 fully saturated rings. The Morgan fingerprint density at radius 3 is 2.68 bits per heavy atom. The first-order valence-corrected chi connectivity index (χ1v) is 6.34. The van der Waals surface area contributed by atoms with Crippen LogP contribution in [0.4, 0.5) is 17.1 Å². The molecule has 0 atom stereocenters. The van der Waals surface area contributed by atoms with Crippen LogP contribution in [0.15, 0.2) is 23.3 Å². The fourth-order valence-electron chi connectivity index (χ4n) is 1.39. The Morgan fingerprint density at radius 1 is 1.36 bits per heavy atom. The summed E-state index contributed by atoms with van der Waals surface area (Å²) in [5.74, 6) is -0.689. The number of non-ortho nitro benzene ring substituents is 1. The van der Waals surface area contributed by atoms with Crippen molar-refractivity contribution in [1.82, 2.24) is 0 Å². The second kappa shape index (κ2) is 8.29. The van der Waals surface area contributed by atoms with Crippen LogP contribution in [-0.2, 0) is 9.53 Å². The number of hydrogen-bond donors (Lipinski definition) is 1. The van der Waals surface area contributed by atoms with Gasteiger partial charge in [0.25, 0.3) is 5.69 Å². The predicted octanol–water partition coefficient (Wildman–Crippen LogP) is 2.24. The summed E-state index contributed by atoms with van der Waals surface area (Å²) < 4.78 is 4.80. The third kappa shape index (κ3) is 5.15. The highest BCUT2D eigenvalue weighted by atomic mass is 16.6. The number of nitro benzene ring substituents is 2. The van der Waals surface area contributed by atoms with Crippen LogP contribution in [0.3, 0.4) is 0 Å². The van der Waals surface area contributed by atoms with Crippen LogP contribution >= 0.6 is 0 Å². The lowest BCUT2D eigenvalue weighted by molar-refractivity contribution is -0.393. The number of carbonyl (C=O) groups is 1. The zero-order chi connectivity index (χ0) is 16.5. The monoisotopic (exact) mass is 310 g/mol. The number of unbranched alkanes of at least 4 members (excludes halogenated alkanes) is 1. The van der Waals surface area contributed by atoms with Crippen LogP contribution in [0.2, 0.25) is 0 Å². The second-order valence-corrected chi connectivity index (χ2v) is 4.11. The van der Waals surface area contributed by atoms with E-state index in [0.29, 0.717) is 0 Å². The SMILES string of the molecule is CCCCOC(=O)C=NNc1ccc([N+](=O)[O-])cc1[N+](=O)[O-]. The van der Waals surface area contributed by atoms with Crippen LogP contribution < -0.4 is 5.43 Å². The molecule has 1 aromatic carbocycles. The number of benzene rings is 1. The number of carbonyl (C=O) groups excluding carboxylic acids is 1. The van der Waals surface area contributed by atoms with E-state index >= 15 is 0 Å². The summed E-state index contributed by atoms with van der Waals surface area (Å²) >= 11 is 0. The van der Waals surface area contributed by atoms with Crippen molar-refractivity contribution in [1.29, 1.82) is 0 Å². The van der Waals surface area contributed by atoms with Gasteiger partial charge in [-0.2, -0.15) is 5.10 Å². The largest absolute Gasteiger partial charge is 0.461 e. The van der Waals surface area contributed by atoms with Gasteiger partial charge in [0.2, 0.25) is 0 Å². The summed E-state index contributed by atoms with van der Waals surface area (Å²) in [6, 6.07) is 3.03. The van der Waals surface area contributed by atoms with Crippen molar-refractivity contribution in [3.05, 3.63) is 38.4 Å². The summed E-state index contributed by atoms with van der Waals surface area (Å²) in [5, 5.41) is 25.0. The van der Waals surface area contributed by atoms with Gasteiger partial charge in [-0.15, -0.1) is 0 Å². The van der Waals surface area contributed by atoms with Crippen molar-refractivity contribution >= 4 is 29.2 Å². The highest BCUT2D eigenvalue weighted by Crippen LogP contribution is 2.28. The quantitative estimate of drug-likeness (QED) is 0.255. The van der Waals surface area contributed by atoms with Gasteiger partial charge < -0.3 is 4.74 Å². The van der Waals surface area contributed by atoms with Crippen molar-refractivity contribution in [2.45, 2.75) is 19.8 Å². The molecule has 1 N–H and O–H groups in total. The van der Waals surface area contributed by atoms with Crippen LogP contribution in [0.1, 0.15) is 19.8 Å². The summed E-state index contributed by atoms with van der Waals surface area (Å²) in [7, 11) is 0. The maximum absolute atomic E-state index is 11.2. The van der Waals surface area contributed by atoms with Gasteiger partial charge in [-0.25, -0.2) is 4.79 Å². The average molecular weight is 310 g/mol. The van der Waals surface area contributed by atoms with Gasteiger partial charge in [0, 0.05) is 6.07 Å². The maximum atomic E-state index is 11.2. The molecule has 0 bridgehead atoms. The van der Waals surface area contributed by atoms with Gasteiger partial charge >= 0.3 is 11.7 Å². The van der Waals surface area contributed by atoms with E-state index in [1.54, 1.807) is 0 Å². The lowest BCUT2D eigenvalue weighted by atomic mass is 10.2. The lowest BCUT2D eigenvalue weighted by Gasteiger charge is -2.02. The molecule has 1 rings (SSSR count). The van der Waals surface area contributed by atoms with Crippen LogP contribution in [0.25, 0.3) is 0 Å². The molecule has 10 heteroatoms. The number of hydrazone groups is 1. The van der Waals surface area contributed by atoms with E-state index in [1.165, 1.54) is 0 Å². The molecule has 0 spiro atoms. The van der Waals surface area contributed by atoms with Crippen molar-refractivity contribution in [3.63, 3.8) is 0 Å². The molecule has 0 radical (unpaired) electrons. The molecule has 118 valence electrons. The Balaban J connectivity index is 2.75. The fourth-order valence-corrected chi connectivity index (χ4v) is 1.39. The molecule has 0 aliphatic carbocycles. The Bertz CT molecular complexity index is 601.